The molecule has 0 amide bonds. The highest BCUT2D eigenvalue weighted by atomic mass is 32.2. The van der Waals surface area contributed by atoms with Gasteiger partial charge < -0.3 is 10.0 Å². The number of rotatable bonds is 3. The van der Waals surface area contributed by atoms with E-state index in [9.17, 15) is 14.1 Å². The van der Waals surface area contributed by atoms with E-state index in [4.69, 9.17) is 4.55 Å². The van der Waals surface area contributed by atoms with Gasteiger partial charge in [-0.3, -0.25) is 13.7 Å². The van der Waals surface area contributed by atoms with Crippen molar-refractivity contribution in [3.05, 3.63) is 41.3 Å². The van der Waals surface area contributed by atoms with Crippen molar-refractivity contribution >= 4 is 50.6 Å². The number of aliphatic hydroxyl groups is 1. The van der Waals surface area contributed by atoms with Gasteiger partial charge in [0.15, 0.2) is 11.4 Å². The molecule has 2 N–H and O–H groups in total. The molecule has 0 bridgehead atoms. The Balaban J connectivity index is 1.71. The minimum Gasteiger partial charge on any atom is -0.374 e. The number of amidine groups is 1. The standard InChI is InChI=1S/C16H15N3O4S2/c1-18(25(22)23)10-2-4-11(5-3-10)19-8-7-16(21)13(20)12-6-9-24-14(12)17-15(16)19/h2-6,9,21H,7-8H2,1H3,(H,22,23). The van der Waals surface area contributed by atoms with Gasteiger partial charge in [0.2, 0.25) is 5.78 Å². The topological polar surface area (TPSA) is 93.4 Å². The molecule has 0 aliphatic carbocycles. The highest BCUT2D eigenvalue weighted by molar-refractivity contribution is 7.80. The van der Waals surface area contributed by atoms with E-state index in [2.05, 4.69) is 4.99 Å². The van der Waals surface area contributed by atoms with Crippen molar-refractivity contribution in [1.82, 2.24) is 0 Å². The van der Waals surface area contributed by atoms with Crippen LogP contribution in [0.5, 0.6) is 0 Å². The molecule has 2 aliphatic heterocycles. The van der Waals surface area contributed by atoms with E-state index in [1.807, 2.05) is 4.90 Å². The van der Waals surface area contributed by atoms with Crippen molar-refractivity contribution in [3.8, 4) is 0 Å². The summed E-state index contributed by atoms with van der Waals surface area (Å²) in [5.41, 5.74) is 0.237. The zero-order valence-electron chi connectivity index (χ0n) is 13.2. The molecule has 130 valence electrons. The number of carbonyl (C=O) groups is 1. The molecule has 2 aromatic rings. The molecule has 3 heterocycles. The summed E-state index contributed by atoms with van der Waals surface area (Å²) < 4.78 is 21.5. The average Bonchev–Trinajstić information content (AvgIpc) is 3.20. The summed E-state index contributed by atoms with van der Waals surface area (Å²) >= 11 is -0.726. The number of Topliss-reactive ketones (excluding diaryl/α,β-unsaturated/α-hetero) is 1. The maximum Gasteiger partial charge on any atom is 0.261 e. The molecule has 4 rings (SSSR count). The van der Waals surface area contributed by atoms with E-state index in [0.717, 1.165) is 5.69 Å². The van der Waals surface area contributed by atoms with Crippen LogP contribution < -0.4 is 9.21 Å². The number of ketones is 1. The molecule has 1 aromatic heterocycles. The molecular formula is C16H15N3O4S2. The summed E-state index contributed by atoms with van der Waals surface area (Å²) in [7, 11) is 1.52. The molecule has 1 fully saturated rings. The minimum absolute atomic E-state index is 0.280. The molecule has 2 aliphatic rings. The second kappa shape index (κ2) is 5.73. The Bertz CT molecular complexity index is 908. The molecule has 2 atom stereocenters. The SMILES string of the molecule is CN(c1ccc(N2CCC3(O)C(=O)c4ccsc4N=C23)cc1)S(=O)O. The van der Waals surface area contributed by atoms with Gasteiger partial charge >= 0.3 is 0 Å². The lowest BCUT2D eigenvalue weighted by molar-refractivity contribution is 0.0603. The maximum atomic E-state index is 12.7. The average molecular weight is 377 g/mol. The minimum atomic E-state index is -2.10. The van der Waals surface area contributed by atoms with Crippen LogP contribution in [0, 0.1) is 0 Å². The van der Waals surface area contributed by atoms with Crippen molar-refractivity contribution in [2.75, 3.05) is 22.8 Å². The highest BCUT2D eigenvalue weighted by Gasteiger charge is 2.52. The Kier molecular flexibility index (Phi) is 3.76. The Morgan fingerprint density at radius 3 is 2.72 bits per heavy atom. The Morgan fingerprint density at radius 2 is 2.04 bits per heavy atom. The smallest absolute Gasteiger partial charge is 0.261 e. The number of hydrogen-bond donors (Lipinski definition) is 2. The van der Waals surface area contributed by atoms with Gasteiger partial charge in [-0.15, -0.1) is 11.3 Å². The predicted octanol–water partition coefficient (Wildman–Crippen LogP) is 2.19. The fourth-order valence-electron chi connectivity index (χ4n) is 3.15. The number of thiophene rings is 1. The number of benzene rings is 1. The lowest BCUT2D eigenvalue weighted by Gasteiger charge is -2.28. The third-order valence-corrected chi connectivity index (χ3v) is 6.04. The Hall–Kier alpha value is -2.07. The van der Waals surface area contributed by atoms with Crippen LogP contribution in [-0.4, -0.2) is 44.7 Å². The van der Waals surface area contributed by atoms with Crippen LogP contribution in [0.1, 0.15) is 16.8 Å². The molecule has 2 unspecified atom stereocenters. The predicted molar refractivity (Wildman–Crippen MR) is 98.3 cm³/mol. The van der Waals surface area contributed by atoms with E-state index in [1.165, 1.54) is 22.7 Å². The summed E-state index contributed by atoms with van der Waals surface area (Å²) in [4.78, 5) is 19.0. The van der Waals surface area contributed by atoms with Crippen molar-refractivity contribution in [2.45, 2.75) is 12.0 Å². The Labute approximate surface area is 150 Å². The van der Waals surface area contributed by atoms with Crippen LogP contribution in [0.3, 0.4) is 0 Å². The molecule has 1 saturated heterocycles. The first kappa shape index (κ1) is 16.4. The Morgan fingerprint density at radius 1 is 1.32 bits per heavy atom. The van der Waals surface area contributed by atoms with E-state index in [-0.39, 0.29) is 12.2 Å². The zero-order valence-corrected chi connectivity index (χ0v) is 14.9. The summed E-state index contributed by atoms with van der Waals surface area (Å²) in [5.74, 6) is 0.0440. The fourth-order valence-corrected chi connectivity index (χ4v) is 4.21. The van der Waals surface area contributed by atoms with Crippen molar-refractivity contribution in [3.63, 3.8) is 0 Å². The van der Waals surface area contributed by atoms with Crippen LogP contribution in [0.15, 0.2) is 40.7 Å². The van der Waals surface area contributed by atoms with Crippen molar-refractivity contribution in [2.24, 2.45) is 4.99 Å². The van der Waals surface area contributed by atoms with Crippen LogP contribution >= 0.6 is 11.3 Å². The number of aliphatic imine (C=N–C) groups is 1. The lowest BCUT2D eigenvalue weighted by atomic mass is 9.90. The largest absolute Gasteiger partial charge is 0.374 e. The summed E-state index contributed by atoms with van der Waals surface area (Å²) in [6.45, 7) is 0.469. The molecule has 7 nitrogen and oxygen atoms in total. The third-order valence-electron chi connectivity index (χ3n) is 4.55. The number of carbonyl (C=O) groups excluding carboxylic acids is 1. The monoisotopic (exact) mass is 377 g/mol. The van der Waals surface area contributed by atoms with Gasteiger partial charge in [-0.2, -0.15) is 0 Å². The van der Waals surface area contributed by atoms with E-state index < -0.39 is 16.9 Å². The van der Waals surface area contributed by atoms with Gasteiger partial charge in [0.05, 0.1) is 11.3 Å². The molecule has 9 heteroatoms. The number of anilines is 2. The normalized spacial score (nSPS) is 23.1. The quantitative estimate of drug-likeness (QED) is 0.800. The van der Waals surface area contributed by atoms with Crippen molar-refractivity contribution in [1.29, 1.82) is 0 Å². The molecule has 25 heavy (non-hydrogen) atoms. The van der Waals surface area contributed by atoms with E-state index in [0.29, 0.717) is 28.6 Å². The van der Waals surface area contributed by atoms with Gasteiger partial charge in [0, 0.05) is 25.7 Å². The first-order valence-corrected chi connectivity index (χ1v) is 9.52. The number of nitrogens with zero attached hydrogens (tertiary/aromatic N) is 3. The third kappa shape index (κ3) is 2.43. The second-order valence-corrected chi connectivity index (χ2v) is 7.81. The molecular weight excluding hydrogens is 362 g/mol. The lowest BCUT2D eigenvalue weighted by Crippen LogP contribution is -2.48. The summed E-state index contributed by atoms with van der Waals surface area (Å²) in [6, 6.07) is 8.68. The summed E-state index contributed by atoms with van der Waals surface area (Å²) in [6.07, 6.45) is 0.280. The molecule has 1 aromatic carbocycles. The second-order valence-electron chi connectivity index (χ2n) is 5.91. The van der Waals surface area contributed by atoms with Gasteiger partial charge in [0.1, 0.15) is 5.00 Å². The number of hydrogen-bond acceptors (Lipinski definition) is 6. The first-order chi connectivity index (χ1) is 11.9. The first-order valence-electron chi connectivity index (χ1n) is 7.58. The van der Waals surface area contributed by atoms with Gasteiger partial charge in [-0.1, -0.05) is 0 Å². The van der Waals surface area contributed by atoms with Gasteiger partial charge in [-0.05, 0) is 35.7 Å². The molecule has 0 saturated carbocycles. The number of fused-ring (bicyclic) bond motifs is 2. The highest BCUT2D eigenvalue weighted by Crippen LogP contribution is 2.41. The fraction of sp³-hybridized carbons (Fsp3) is 0.250. The molecule has 0 radical (unpaired) electrons. The van der Waals surface area contributed by atoms with E-state index in [1.54, 1.807) is 35.7 Å². The maximum absolute atomic E-state index is 12.7. The van der Waals surface area contributed by atoms with Crippen LogP contribution in [0.4, 0.5) is 16.4 Å². The summed E-state index contributed by atoms with van der Waals surface area (Å²) in [5, 5.41) is 13.3. The zero-order chi connectivity index (χ0) is 17.8. The van der Waals surface area contributed by atoms with Crippen LogP contribution in [0.25, 0.3) is 0 Å². The van der Waals surface area contributed by atoms with E-state index >= 15 is 0 Å². The molecule has 0 spiro atoms. The van der Waals surface area contributed by atoms with Crippen molar-refractivity contribution < 1.29 is 18.7 Å². The van der Waals surface area contributed by atoms with Gasteiger partial charge in [-0.25, -0.2) is 9.20 Å². The van der Waals surface area contributed by atoms with Crippen LogP contribution in [0.2, 0.25) is 0 Å². The van der Waals surface area contributed by atoms with Crippen LogP contribution in [-0.2, 0) is 11.3 Å². The van der Waals surface area contributed by atoms with Gasteiger partial charge in [0.25, 0.3) is 11.3 Å².